The molecule has 0 bridgehead atoms. The molecule has 0 aromatic heterocycles. The molecule has 1 aromatic rings. The first-order chi connectivity index (χ1) is 7.27. The molecule has 1 aromatic carbocycles. The van der Waals surface area contributed by atoms with Crippen LogP contribution in [0.4, 0.5) is 0 Å². The van der Waals surface area contributed by atoms with Crippen LogP contribution in [0, 0.1) is 6.92 Å². The van der Waals surface area contributed by atoms with Gasteiger partial charge in [0, 0.05) is 37.2 Å². The summed E-state index contributed by atoms with van der Waals surface area (Å²) >= 11 is 3.63. The minimum Gasteiger partial charge on any atom is -0.314 e. The fourth-order valence-electron chi connectivity index (χ4n) is 1.96. The summed E-state index contributed by atoms with van der Waals surface area (Å²) in [5.41, 5.74) is 2.81. The number of rotatable bonds is 2. The number of hydrogen-bond acceptors (Lipinski definition) is 2. The van der Waals surface area contributed by atoms with Crippen LogP contribution in [0.1, 0.15) is 11.1 Å². The van der Waals surface area contributed by atoms with Crippen LogP contribution in [-0.2, 0) is 6.54 Å². The number of nitrogens with zero attached hydrogens (tertiary/aromatic N) is 1. The van der Waals surface area contributed by atoms with E-state index in [1.807, 2.05) is 0 Å². The lowest BCUT2D eigenvalue weighted by atomic mass is 10.1. The second-order valence-corrected chi connectivity index (χ2v) is 4.92. The van der Waals surface area contributed by atoms with Crippen molar-refractivity contribution in [3.63, 3.8) is 0 Å². The molecule has 1 saturated heterocycles. The molecule has 1 aliphatic heterocycles. The Balaban J connectivity index is 2.09. The molecule has 1 aliphatic rings. The van der Waals surface area contributed by atoms with Gasteiger partial charge >= 0.3 is 0 Å². The Labute approximate surface area is 99.8 Å². The Bertz CT molecular complexity index is 312. The number of halogens is 1. The van der Waals surface area contributed by atoms with Gasteiger partial charge in [-0.25, -0.2) is 0 Å². The maximum Gasteiger partial charge on any atom is 0.0248 e. The van der Waals surface area contributed by atoms with Gasteiger partial charge in [-0.3, -0.25) is 4.90 Å². The zero-order valence-electron chi connectivity index (χ0n) is 9.09. The lowest BCUT2D eigenvalue weighted by Gasteiger charge is -2.28. The van der Waals surface area contributed by atoms with Gasteiger partial charge in [0.25, 0.3) is 0 Å². The molecule has 2 nitrogen and oxygen atoms in total. The van der Waals surface area contributed by atoms with Gasteiger partial charge in [0.1, 0.15) is 0 Å². The van der Waals surface area contributed by atoms with E-state index in [4.69, 9.17) is 0 Å². The van der Waals surface area contributed by atoms with Gasteiger partial charge in [0.05, 0.1) is 0 Å². The average Bonchev–Trinajstić information content (AvgIpc) is 2.25. The van der Waals surface area contributed by atoms with E-state index in [0.717, 1.165) is 32.7 Å². The molecule has 0 aliphatic carbocycles. The Kier molecular flexibility index (Phi) is 3.78. The molecule has 0 spiro atoms. The van der Waals surface area contributed by atoms with Gasteiger partial charge in [-0.05, 0) is 24.1 Å². The number of piperazine rings is 1. The molecular formula is C12H17BrN2. The maximum absolute atomic E-state index is 3.63. The van der Waals surface area contributed by atoms with Crippen LogP contribution in [0.3, 0.4) is 0 Å². The number of benzene rings is 1. The second-order valence-electron chi connectivity index (χ2n) is 4.06. The zero-order chi connectivity index (χ0) is 10.7. The largest absolute Gasteiger partial charge is 0.314 e. The van der Waals surface area contributed by atoms with Crippen molar-refractivity contribution in [2.75, 3.05) is 26.2 Å². The number of hydrogen-bond donors (Lipinski definition) is 1. The Morgan fingerprint density at radius 3 is 2.73 bits per heavy atom. The van der Waals surface area contributed by atoms with Gasteiger partial charge in [-0.1, -0.05) is 28.1 Å². The number of nitrogens with one attached hydrogen (secondary N) is 1. The Morgan fingerprint density at radius 1 is 1.33 bits per heavy atom. The third-order valence-electron chi connectivity index (χ3n) is 2.94. The Morgan fingerprint density at radius 2 is 2.07 bits per heavy atom. The first-order valence-corrected chi connectivity index (χ1v) is 6.24. The highest BCUT2D eigenvalue weighted by Gasteiger charge is 2.12. The molecule has 3 heteroatoms. The lowest BCUT2D eigenvalue weighted by molar-refractivity contribution is 0.232. The van der Waals surface area contributed by atoms with E-state index < -0.39 is 0 Å². The van der Waals surface area contributed by atoms with Crippen molar-refractivity contribution in [1.29, 1.82) is 0 Å². The molecular weight excluding hydrogens is 252 g/mol. The normalized spacial score (nSPS) is 18.0. The van der Waals surface area contributed by atoms with Gasteiger partial charge in [-0.2, -0.15) is 0 Å². The molecule has 2 rings (SSSR count). The van der Waals surface area contributed by atoms with Crippen LogP contribution < -0.4 is 5.32 Å². The highest BCUT2D eigenvalue weighted by molar-refractivity contribution is 9.10. The highest BCUT2D eigenvalue weighted by Crippen LogP contribution is 2.21. The van der Waals surface area contributed by atoms with E-state index in [2.05, 4.69) is 51.3 Å². The minimum absolute atomic E-state index is 1.06. The van der Waals surface area contributed by atoms with E-state index in [0.29, 0.717) is 0 Å². The molecule has 1 fully saturated rings. The standard InChI is InChI=1S/C12H17BrN2/c1-10-3-2-4-12(13)11(10)9-15-7-5-14-6-8-15/h2-4,14H,5-9H2,1H3. The SMILES string of the molecule is Cc1cccc(Br)c1CN1CCNCC1. The highest BCUT2D eigenvalue weighted by atomic mass is 79.9. The molecule has 0 saturated carbocycles. The first kappa shape index (κ1) is 11.1. The lowest BCUT2D eigenvalue weighted by Crippen LogP contribution is -2.43. The van der Waals surface area contributed by atoms with Crippen LogP contribution in [0.5, 0.6) is 0 Å². The van der Waals surface area contributed by atoms with Crippen molar-refractivity contribution in [2.24, 2.45) is 0 Å². The molecule has 1 N–H and O–H groups in total. The average molecular weight is 269 g/mol. The predicted octanol–water partition coefficient (Wildman–Crippen LogP) is 2.16. The van der Waals surface area contributed by atoms with Crippen LogP contribution in [-0.4, -0.2) is 31.1 Å². The summed E-state index contributed by atoms with van der Waals surface area (Å²) < 4.78 is 1.24. The van der Waals surface area contributed by atoms with E-state index >= 15 is 0 Å². The van der Waals surface area contributed by atoms with Gasteiger partial charge in [0.15, 0.2) is 0 Å². The van der Waals surface area contributed by atoms with Crippen molar-refractivity contribution < 1.29 is 0 Å². The van der Waals surface area contributed by atoms with Gasteiger partial charge in [0.2, 0.25) is 0 Å². The third-order valence-corrected chi connectivity index (χ3v) is 3.69. The monoisotopic (exact) mass is 268 g/mol. The summed E-state index contributed by atoms with van der Waals surface area (Å²) in [7, 11) is 0. The van der Waals surface area contributed by atoms with Crippen LogP contribution >= 0.6 is 15.9 Å². The molecule has 0 unspecified atom stereocenters. The molecule has 0 atom stereocenters. The van der Waals surface area contributed by atoms with Crippen molar-refractivity contribution in [3.8, 4) is 0 Å². The maximum atomic E-state index is 3.63. The summed E-state index contributed by atoms with van der Waals surface area (Å²) in [5.74, 6) is 0. The summed E-state index contributed by atoms with van der Waals surface area (Å²) in [6.45, 7) is 7.78. The summed E-state index contributed by atoms with van der Waals surface area (Å²) in [6.07, 6.45) is 0. The molecule has 15 heavy (non-hydrogen) atoms. The van der Waals surface area contributed by atoms with E-state index in [9.17, 15) is 0 Å². The topological polar surface area (TPSA) is 15.3 Å². The van der Waals surface area contributed by atoms with Crippen molar-refractivity contribution in [1.82, 2.24) is 10.2 Å². The molecule has 82 valence electrons. The van der Waals surface area contributed by atoms with Crippen molar-refractivity contribution in [2.45, 2.75) is 13.5 Å². The van der Waals surface area contributed by atoms with Gasteiger partial charge in [-0.15, -0.1) is 0 Å². The van der Waals surface area contributed by atoms with E-state index in [-0.39, 0.29) is 0 Å². The predicted molar refractivity (Wildman–Crippen MR) is 67.0 cm³/mol. The van der Waals surface area contributed by atoms with Crippen LogP contribution in [0.25, 0.3) is 0 Å². The van der Waals surface area contributed by atoms with Crippen molar-refractivity contribution >= 4 is 15.9 Å². The van der Waals surface area contributed by atoms with Crippen LogP contribution in [0.15, 0.2) is 22.7 Å². The minimum atomic E-state index is 1.06. The van der Waals surface area contributed by atoms with E-state index in [1.54, 1.807) is 0 Å². The van der Waals surface area contributed by atoms with E-state index in [1.165, 1.54) is 15.6 Å². The van der Waals surface area contributed by atoms with Crippen molar-refractivity contribution in [3.05, 3.63) is 33.8 Å². The zero-order valence-corrected chi connectivity index (χ0v) is 10.7. The van der Waals surface area contributed by atoms with Gasteiger partial charge < -0.3 is 5.32 Å². The smallest absolute Gasteiger partial charge is 0.0248 e. The summed E-state index contributed by atoms with van der Waals surface area (Å²) in [5, 5.41) is 3.38. The fourth-order valence-corrected chi connectivity index (χ4v) is 2.55. The first-order valence-electron chi connectivity index (χ1n) is 5.44. The molecule has 0 amide bonds. The molecule has 0 radical (unpaired) electrons. The quantitative estimate of drug-likeness (QED) is 0.885. The summed E-state index contributed by atoms with van der Waals surface area (Å²) in [6, 6.07) is 6.41. The third kappa shape index (κ3) is 2.80. The second kappa shape index (κ2) is 5.10. The summed E-state index contributed by atoms with van der Waals surface area (Å²) in [4.78, 5) is 2.50. The Hall–Kier alpha value is -0.380. The molecule has 1 heterocycles. The number of aryl methyl sites for hydroxylation is 1. The fraction of sp³-hybridized carbons (Fsp3) is 0.500. The van der Waals surface area contributed by atoms with Crippen LogP contribution in [0.2, 0.25) is 0 Å².